The van der Waals surface area contributed by atoms with Gasteiger partial charge in [-0.25, -0.2) is 5.01 Å². The lowest BCUT2D eigenvalue weighted by molar-refractivity contribution is -0.111. The van der Waals surface area contributed by atoms with E-state index in [4.69, 9.17) is 5.10 Å². The van der Waals surface area contributed by atoms with Crippen LogP contribution in [0.2, 0.25) is 0 Å². The van der Waals surface area contributed by atoms with Crippen molar-refractivity contribution in [3.63, 3.8) is 0 Å². The van der Waals surface area contributed by atoms with Crippen molar-refractivity contribution in [2.75, 3.05) is 9.91 Å². The summed E-state index contributed by atoms with van der Waals surface area (Å²) in [7, 11) is 0. The van der Waals surface area contributed by atoms with E-state index in [1.807, 2.05) is 40.4 Å². The Morgan fingerprint density at radius 2 is 1.48 bits per heavy atom. The van der Waals surface area contributed by atoms with Gasteiger partial charge in [0.1, 0.15) is 0 Å². The Labute approximate surface area is 181 Å². The lowest BCUT2D eigenvalue weighted by Crippen LogP contribution is -2.37. The Bertz CT molecular complexity index is 1290. The highest BCUT2D eigenvalue weighted by Gasteiger charge is 2.40. The molecule has 0 bridgehead atoms. The molecule has 5 rings (SSSR count). The first-order valence-electron chi connectivity index (χ1n) is 10.4. The predicted octanol–water partition coefficient (Wildman–Crippen LogP) is 5.71. The number of para-hydroxylation sites is 1. The van der Waals surface area contributed by atoms with Gasteiger partial charge in [0.2, 0.25) is 0 Å². The van der Waals surface area contributed by atoms with Crippen LogP contribution in [-0.4, -0.2) is 16.6 Å². The van der Waals surface area contributed by atoms with Gasteiger partial charge in [-0.3, -0.25) is 9.69 Å². The number of aromatic amines is 1. The number of hydrazone groups is 1. The first-order chi connectivity index (χ1) is 15.0. The molecule has 0 saturated carbocycles. The van der Waals surface area contributed by atoms with Crippen LogP contribution in [0.4, 0.5) is 11.4 Å². The van der Waals surface area contributed by atoms with E-state index in [-0.39, 0.29) is 11.9 Å². The summed E-state index contributed by atoms with van der Waals surface area (Å²) in [5.41, 5.74) is 6.35. The number of hydrogen-bond acceptors (Lipinski definition) is 4. The number of ketones is 1. The largest absolute Gasteiger partial charge is 0.361 e. The normalized spacial score (nSPS) is 16.1. The Hall–Kier alpha value is -3.86. The van der Waals surface area contributed by atoms with E-state index < -0.39 is 0 Å². The van der Waals surface area contributed by atoms with Crippen molar-refractivity contribution in [3.8, 4) is 0 Å². The number of nitrogens with one attached hydrogen (secondary N) is 1. The van der Waals surface area contributed by atoms with Crippen LogP contribution < -0.4 is 9.91 Å². The van der Waals surface area contributed by atoms with Crippen molar-refractivity contribution < 1.29 is 4.79 Å². The van der Waals surface area contributed by atoms with Gasteiger partial charge in [-0.15, -0.1) is 5.10 Å². The van der Waals surface area contributed by atoms with E-state index in [0.717, 1.165) is 27.8 Å². The van der Waals surface area contributed by atoms with Crippen LogP contribution in [0, 0.1) is 13.8 Å². The molecule has 1 N–H and O–H groups in total. The summed E-state index contributed by atoms with van der Waals surface area (Å²) in [6, 6.07) is 24.7. The maximum Gasteiger partial charge on any atom is 0.198 e. The number of hydrogen-bond donors (Lipinski definition) is 1. The number of Topliss-reactive ketones (excluding diaryl/α,β-unsaturated/α-hetero) is 1. The molecule has 4 aromatic rings. The molecule has 2 heterocycles. The zero-order valence-corrected chi connectivity index (χ0v) is 17.8. The molecule has 0 aliphatic carbocycles. The number of nitrogens with zero attached hydrogens (tertiary/aromatic N) is 3. The van der Waals surface area contributed by atoms with Gasteiger partial charge < -0.3 is 4.98 Å². The monoisotopic (exact) mass is 408 g/mol. The van der Waals surface area contributed by atoms with E-state index in [1.165, 1.54) is 11.1 Å². The second kappa shape index (κ2) is 7.43. The Morgan fingerprint density at radius 1 is 0.871 bits per heavy atom. The first-order valence-corrected chi connectivity index (χ1v) is 10.4. The molecule has 0 fully saturated rings. The number of carbonyl (C=O) groups excluding carboxylic acids is 1. The van der Waals surface area contributed by atoms with Gasteiger partial charge in [-0.05, 0) is 44.2 Å². The third kappa shape index (κ3) is 3.28. The van der Waals surface area contributed by atoms with E-state index in [0.29, 0.717) is 5.84 Å². The maximum atomic E-state index is 12.7. The number of fused-ring (bicyclic) bond motifs is 1. The third-order valence-electron chi connectivity index (χ3n) is 5.73. The molecule has 3 aromatic carbocycles. The fourth-order valence-corrected chi connectivity index (χ4v) is 4.11. The van der Waals surface area contributed by atoms with Crippen LogP contribution in [0.15, 0.2) is 84.1 Å². The summed E-state index contributed by atoms with van der Waals surface area (Å²) in [5.74, 6) is 0.361. The van der Waals surface area contributed by atoms with E-state index in [9.17, 15) is 4.79 Å². The smallest absolute Gasteiger partial charge is 0.198 e. The fourth-order valence-electron chi connectivity index (χ4n) is 4.11. The van der Waals surface area contributed by atoms with Crippen LogP contribution in [0.1, 0.15) is 29.8 Å². The highest BCUT2D eigenvalue weighted by Crippen LogP contribution is 2.41. The lowest BCUT2D eigenvalue weighted by Gasteiger charge is -2.31. The van der Waals surface area contributed by atoms with Crippen molar-refractivity contribution in [1.29, 1.82) is 0 Å². The zero-order valence-electron chi connectivity index (χ0n) is 17.8. The highest BCUT2D eigenvalue weighted by molar-refractivity contribution is 6.44. The molecule has 0 saturated heterocycles. The van der Waals surface area contributed by atoms with Crippen molar-refractivity contribution in [1.82, 2.24) is 4.98 Å². The second-order valence-corrected chi connectivity index (χ2v) is 8.03. The van der Waals surface area contributed by atoms with Gasteiger partial charge in [-0.1, -0.05) is 53.6 Å². The van der Waals surface area contributed by atoms with E-state index in [1.54, 1.807) is 6.92 Å². The summed E-state index contributed by atoms with van der Waals surface area (Å²) < 4.78 is 0. The fraction of sp³-hybridized carbons (Fsp3) is 0.154. The van der Waals surface area contributed by atoms with Gasteiger partial charge in [0.05, 0.1) is 5.69 Å². The summed E-state index contributed by atoms with van der Waals surface area (Å²) in [6.45, 7) is 5.70. The summed E-state index contributed by atoms with van der Waals surface area (Å²) >= 11 is 0. The lowest BCUT2D eigenvalue weighted by atomic mass is 10.1. The topological polar surface area (TPSA) is 51.7 Å². The van der Waals surface area contributed by atoms with Crippen LogP contribution in [0.5, 0.6) is 0 Å². The third-order valence-corrected chi connectivity index (χ3v) is 5.73. The van der Waals surface area contributed by atoms with Crippen molar-refractivity contribution in [3.05, 3.63) is 95.7 Å². The molecule has 154 valence electrons. The predicted molar refractivity (Wildman–Crippen MR) is 126 cm³/mol. The molecule has 0 radical (unpaired) electrons. The number of amidine groups is 1. The minimum atomic E-state index is -0.291. The molecule has 0 spiro atoms. The average Bonchev–Trinajstić information content (AvgIpc) is 3.36. The van der Waals surface area contributed by atoms with Gasteiger partial charge in [0, 0.05) is 35.3 Å². The number of carbonyl (C=O) groups is 1. The number of aryl methyl sites for hydroxylation is 2. The highest BCUT2D eigenvalue weighted by atomic mass is 16.1. The molecule has 31 heavy (non-hydrogen) atoms. The van der Waals surface area contributed by atoms with Crippen LogP contribution in [0.3, 0.4) is 0 Å². The quantitative estimate of drug-likeness (QED) is 0.470. The first kappa shape index (κ1) is 19.1. The molecule has 5 nitrogen and oxygen atoms in total. The molecule has 0 amide bonds. The van der Waals surface area contributed by atoms with Crippen LogP contribution in [0.25, 0.3) is 10.9 Å². The molecule has 1 aliphatic rings. The van der Waals surface area contributed by atoms with Crippen LogP contribution >= 0.6 is 0 Å². The Morgan fingerprint density at radius 3 is 2.13 bits per heavy atom. The molecule has 1 aromatic heterocycles. The van der Waals surface area contributed by atoms with Gasteiger partial charge >= 0.3 is 0 Å². The summed E-state index contributed by atoms with van der Waals surface area (Å²) in [5, 5.41) is 7.89. The molecule has 0 unspecified atom stereocenters. The number of rotatable bonds is 4. The standard InChI is InChI=1S/C26H24N4O/c1-17-8-12-20(13-9-17)29-25(19(3)31)28-30(21-14-10-18(2)11-15-21)26(29)23-16-27-24-7-5-4-6-22(23)24/h4-16,26-27H,1-3H3/t26-/m0/s1. The van der Waals surface area contributed by atoms with Crippen molar-refractivity contribution >= 4 is 33.9 Å². The Balaban J connectivity index is 1.73. The van der Waals surface area contributed by atoms with E-state index in [2.05, 4.69) is 67.4 Å². The van der Waals surface area contributed by atoms with Crippen LogP contribution in [-0.2, 0) is 4.79 Å². The molecule has 1 aliphatic heterocycles. The van der Waals surface area contributed by atoms with Crippen molar-refractivity contribution in [2.45, 2.75) is 26.9 Å². The zero-order chi connectivity index (χ0) is 21.5. The number of aromatic nitrogens is 1. The maximum absolute atomic E-state index is 12.7. The molecule has 5 heteroatoms. The SMILES string of the molecule is CC(=O)C1=NN(c2ccc(C)cc2)[C@@H](c2c[nH]c3ccccc23)N1c1ccc(C)cc1. The second-order valence-electron chi connectivity index (χ2n) is 8.03. The minimum Gasteiger partial charge on any atom is -0.361 e. The van der Waals surface area contributed by atoms with Gasteiger partial charge in [0.15, 0.2) is 17.8 Å². The molecule has 1 atom stereocenters. The number of H-pyrrole nitrogens is 1. The van der Waals surface area contributed by atoms with Gasteiger partial charge in [0.25, 0.3) is 0 Å². The Kier molecular flexibility index (Phi) is 4.59. The average molecular weight is 409 g/mol. The minimum absolute atomic E-state index is 0.0694. The summed E-state index contributed by atoms with van der Waals surface area (Å²) in [6.07, 6.45) is 1.73. The summed E-state index contributed by atoms with van der Waals surface area (Å²) in [4.78, 5) is 18.1. The molecular weight excluding hydrogens is 384 g/mol. The molecular formula is C26H24N4O. The number of anilines is 2. The number of benzene rings is 3. The van der Waals surface area contributed by atoms with Crippen molar-refractivity contribution in [2.24, 2.45) is 5.10 Å². The van der Waals surface area contributed by atoms with Gasteiger partial charge in [-0.2, -0.15) is 0 Å². The van der Waals surface area contributed by atoms with E-state index >= 15 is 0 Å².